The van der Waals surface area contributed by atoms with Crippen molar-refractivity contribution in [3.05, 3.63) is 136 Å². The van der Waals surface area contributed by atoms with Crippen molar-refractivity contribution in [2.45, 2.75) is 38.7 Å². The van der Waals surface area contributed by atoms with Gasteiger partial charge in [0.2, 0.25) is 0 Å². The van der Waals surface area contributed by atoms with Gasteiger partial charge in [-0.15, -0.1) is 0 Å². The second-order valence-corrected chi connectivity index (χ2v) is 10.6. The zero-order valence-corrected chi connectivity index (χ0v) is 25.0. The fourth-order valence-electron chi connectivity index (χ4n) is 4.73. The number of aryl methyl sites for hydroxylation is 1. The smallest absolute Gasteiger partial charge is 0.429 e. The minimum atomic E-state index is -4.73. The Kier molecular flexibility index (Phi) is 10.1. The molecule has 4 aromatic carbocycles. The van der Waals surface area contributed by atoms with Gasteiger partial charge in [-0.25, -0.2) is 40.7 Å². The summed E-state index contributed by atoms with van der Waals surface area (Å²) >= 11 is 0. The molecular formula is C36H23F9N2O. The number of aromatic nitrogens is 2. The second kappa shape index (κ2) is 14.2. The fourth-order valence-corrected chi connectivity index (χ4v) is 4.73. The number of hydrogen-bond donors (Lipinski definition) is 0. The molecule has 5 rings (SSSR count). The SMILES string of the molecule is CCCCCc1cnc(-c2ccc(-c3cc(F)c(C(F)(F)Oc4cc(F)c(C#Cc5cc(F)c(F)c(F)c5)c(F)c4)c(F)c3)cc2)nc1. The Labute approximate surface area is 269 Å². The van der Waals surface area contributed by atoms with Crippen molar-refractivity contribution in [3.8, 4) is 40.1 Å². The number of benzene rings is 4. The first-order valence-corrected chi connectivity index (χ1v) is 14.5. The van der Waals surface area contributed by atoms with Crippen molar-refractivity contribution in [2.24, 2.45) is 0 Å². The van der Waals surface area contributed by atoms with Crippen LogP contribution in [0.15, 0.2) is 73.1 Å². The summed E-state index contributed by atoms with van der Waals surface area (Å²) < 4.78 is 133. The molecule has 0 aliphatic heterocycles. The maximum absolute atomic E-state index is 15.0. The van der Waals surface area contributed by atoms with Crippen molar-refractivity contribution >= 4 is 0 Å². The van der Waals surface area contributed by atoms with Gasteiger partial charge < -0.3 is 4.74 Å². The number of hydrogen-bond acceptors (Lipinski definition) is 3. The van der Waals surface area contributed by atoms with Crippen LogP contribution in [-0.2, 0) is 12.5 Å². The molecule has 0 aliphatic carbocycles. The van der Waals surface area contributed by atoms with E-state index in [1.54, 1.807) is 24.5 Å². The van der Waals surface area contributed by atoms with E-state index in [2.05, 4.69) is 21.6 Å². The third-order valence-electron chi connectivity index (χ3n) is 7.16. The molecule has 1 aromatic heterocycles. The van der Waals surface area contributed by atoms with Gasteiger partial charge in [0.15, 0.2) is 23.3 Å². The van der Waals surface area contributed by atoms with Crippen molar-refractivity contribution in [1.82, 2.24) is 9.97 Å². The zero-order chi connectivity index (χ0) is 34.6. The van der Waals surface area contributed by atoms with Crippen LogP contribution in [0.3, 0.4) is 0 Å². The highest BCUT2D eigenvalue weighted by atomic mass is 19.3. The zero-order valence-electron chi connectivity index (χ0n) is 25.0. The summed E-state index contributed by atoms with van der Waals surface area (Å²) in [6.45, 7) is 2.11. The lowest BCUT2D eigenvalue weighted by atomic mass is 10.0. The van der Waals surface area contributed by atoms with E-state index in [1.165, 1.54) is 12.1 Å². The number of ether oxygens (including phenoxy) is 1. The van der Waals surface area contributed by atoms with Gasteiger partial charge in [0.1, 0.15) is 34.6 Å². The highest BCUT2D eigenvalue weighted by molar-refractivity contribution is 5.68. The van der Waals surface area contributed by atoms with E-state index in [9.17, 15) is 30.7 Å². The Balaban J connectivity index is 1.33. The van der Waals surface area contributed by atoms with Gasteiger partial charge in [-0.05, 0) is 53.8 Å². The molecule has 0 amide bonds. The highest BCUT2D eigenvalue weighted by Crippen LogP contribution is 2.38. The van der Waals surface area contributed by atoms with Gasteiger partial charge in [0.05, 0.1) is 5.56 Å². The Hall–Kier alpha value is -5.31. The lowest BCUT2D eigenvalue weighted by Gasteiger charge is -2.20. The van der Waals surface area contributed by atoms with Crippen LogP contribution in [0.4, 0.5) is 39.5 Å². The average Bonchev–Trinajstić information content (AvgIpc) is 3.03. The lowest BCUT2D eigenvalue weighted by molar-refractivity contribution is -0.189. The Morgan fingerprint density at radius 3 is 1.77 bits per heavy atom. The molecule has 0 spiro atoms. The third kappa shape index (κ3) is 7.62. The Morgan fingerprint density at radius 1 is 0.646 bits per heavy atom. The molecule has 0 atom stereocenters. The standard InChI is InChI=1S/C36H23F9N2O/c1-2-3-4-5-21-18-46-35(47-19-21)23-9-7-22(8-10-23)24-14-29(39)33(30(40)15-24)36(44,45)48-25-16-27(37)26(28(38)17-25)11-6-20-12-31(41)34(43)32(42)13-20/h7-10,12-19H,2-5H2,1H3. The molecule has 3 nitrogen and oxygen atoms in total. The maximum Gasteiger partial charge on any atom is 0.432 e. The van der Waals surface area contributed by atoms with Gasteiger partial charge >= 0.3 is 6.11 Å². The molecule has 5 aromatic rings. The van der Waals surface area contributed by atoms with Crippen molar-refractivity contribution in [2.75, 3.05) is 0 Å². The van der Waals surface area contributed by atoms with Crippen molar-refractivity contribution in [3.63, 3.8) is 0 Å². The van der Waals surface area contributed by atoms with Crippen molar-refractivity contribution < 1.29 is 44.3 Å². The molecule has 0 N–H and O–H groups in total. The first-order valence-electron chi connectivity index (χ1n) is 14.5. The lowest BCUT2D eigenvalue weighted by Crippen LogP contribution is -2.25. The van der Waals surface area contributed by atoms with E-state index in [0.29, 0.717) is 35.7 Å². The van der Waals surface area contributed by atoms with Crippen LogP contribution >= 0.6 is 0 Å². The van der Waals surface area contributed by atoms with Crippen LogP contribution in [-0.4, -0.2) is 9.97 Å². The van der Waals surface area contributed by atoms with Gasteiger partial charge in [-0.2, -0.15) is 8.78 Å². The topological polar surface area (TPSA) is 35.0 Å². The van der Waals surface area contributed by atoms with Crippen LogP contribution in [0, 0.1) is 52.6 Å². The number of halogens is 9. The van der Waals surface area contributed by atoms with Gasteiger partial charge in [0, 0.05) is 35.7 Å². The van der Waals surface area contributed by atoms with Crippen LogP contribution in [0.25, 0.3) is 22.5 Å². The van der Waals surface area contributed by atoms with Crippen LogP contribution in [0.5, 0.6) is 5.75 Å². The van der Waals surface area contributed by atoms with Crippen LogP contribution in [0.2, 0.25) is 0 Å². The monoisotopic (exact) mass is 670 g/mol. The number of rotatable bonds is 9. The predicted octanol–water partition coefficient (Wildman–Crippen LogP) is 10.0. The summed E-state index contributed by atoms with van der Waals surface area (Å²) in [6, 6.07) is 9.07. The number of alkyl halides is 2. The molecule has 0 unspecified atom stereocenters. The van der Waals surface area contributed by atoms with E-state index in [-0.39, 0.29) is 23.3 Å². The summed E-state index contributed by atoms with van der Waals surface area (Å²) in [5.74, 6) is -8.18. The van der Waals surface area contributed by atoms with Gasteiger partial charge in [-0.1, -0.05) is 55.9 Å². The van der Waals surface area contributed by atoms with E-state index in [1.807, 2.05) is 11.8 Å². The molecule has 1 heterocycles. The second-order valence-electron chi connectivity index (χ2n) is 10.6. The van der Waals surface area contributed by atoms with E-state index >= 15 is 8.78 Å². The molecule has 48 heavy (non-hydrogen) atoms. The fraction of sp³-hybridized carbons (Fsp3) is 0.167. The van der Waals surface area contributed by atoms with Crippen LogP contribution < -0.4 is 4.74 Å². The predicted molar refractivity (Wildman–Crippen MR) is 159 cm³/mol. The third-order valence-corrected chi connectivity index (χ3v) is 7.16. The highest BCUT2D eigenvalue weighted by Gasteiger charge is 2.41. The molecule has 0 saturated heterocycles. The summed E-state index contributed by atoms with van der Waals surface area (Å²) in [5.41, 5.74) is -1.46. The quantitative estimate of drug-likeness (QED) is 0.0678. The van der Waals surface area contributed by atoms with Crippen molar-refractivity contribution in [1.29, 1.82) is 0 Å². The molecule has 0 fully saturated rings. The Morgan fingerprint density at radius 2 is 1.21 bits per heavy atom. The summed E-state index contributed by atoms with van der Waals surface area (Å²) in [6.07, 6.45) is 2.79. The van der Waals surface area contributed by atoms with E-state index in [4.69, 9.17) is 0 Å². The molecule has 246 valence electrons. The number of nitrogens with zero attached hydrogens (tertiary/aromatic N) is 2. The summed E-state index contributed by atoms with van der Waals surface area (Å²) in [4.78, 5) is 8.72. The molecule has 0 saturated carbocycles. The minimum Gasteiger partial charge on any atom is -0.429 e. The first-order chi connectivity index (χ1) is 22.9. The van der Waals surface area contributed by atoms with Crippen LogP contribution in [0.1, 0.15) is 48.4 Å². The molecule has 0 aliphatic rings. The molecule has 0 bridgehead atoms. The minimum absolute atomic E-state index is 0.0794. The Bertz CT molecular complexity index is 1950. The average molecular weight is 671 g/mol. The van der Waals surface area contributed by atoms with Gasteiger partial charge in [-0.3, -0.25) is 0 Å². The first kappa shape index (κ1) is 34.0. The molecule has 0 radical (unpaired) electrons. The molecule has 12 heteroatoms. The summed E-state index contributed by atoms with van der Waals surface area (Å²) in [7, 11) is 0. The van der Waals surface area contributed by atoms with E-state index < -0.39 is 69.3 Å². The van der Waals surface area contributed by atoms with E-state index in [0.717, 1.165) is 31.2 Å². The maximum atomic E-state index is 15.0. The normalized spacial score (nSPS) is 11.3. The largest absolute Gasteiger partial charge is 0.432 e. The van der Waals surface area contributed by atoms with Gasteiger partial charge in [0.25, 0.3) is 0 Å². The summed E-state index contributed by atoms with van der Waals surface area (Å²) in [5, 5.41) is 0. The number of unbranched alkanes of at least 4 members (excludes halogenated alkanes) is 2. The molecular weight excluding hydrogens is 647 g/mol.